The summed E-state index contributed by atoms with van der Waals surface area (Å²) in [5.41, 5.74) is 1.44. The highest BCUT2D eigenvalue weighted by Gasteiger charge is 2.21. The number of piperidine rings is 1. The summed E-state index contributed by atoms with van der Waals surface area (Å²) >= 11 is 0. The summed E-state index contributed by atoms with van der Waals surface area (Å²) in [6.45, 7) is 3.12. The van der Waals surface area contributed by atoms with Gasteiger partial charge in [0.1, 0.15) is 5.82 Å². The Kier molecular flexibility index (Phi) is 4.37. The fourth-order valence-electron chi connectivity index (χ4n) is 2.25. The largest absolute Gasteiger partial charge is 0.391 e. The van der Waals surface area contributed by atoms with Crippen LogP contribution >= 0.6 is 0 Å². The number of rotatable bonds is 2. The topological polar surface area (TPSA) is 52.6 Å². The molecule has 5 heteroatoms. The molecule has 0 aromatic heterocycles. The van der Waals surface area contributed by atoms with Gasteiger partial charge in [-0.15, -0.1) is 0 Å². The van der Waals surface area contributed by atoms with Crippen LogP contribution in [0.25, 0.3) is 0 Å². The SMILES string of the molecule is Cc1cc(CNC(=O)N2CCCC(O)C2)ccc1F. The molecule has 1 aliphatic rings. The number of β-amino-alcohol motifs (C(OH)–C–C–N with tert-alkyl or cyclic N) is 1. The van der Waals surface area contributed by atoms with Crippen molar-refractivity contribution < 1.29 is 14.3 Å². The Morgan fingerprint density at radius 3 is 3.05 bits per heavy atom. The molecule has 2 N–H and O–H groups in total. The van der Waals surface area contributed by atoms with E-state index < -0.39 is 6.10 Å². The summed E-state index contributed by atoms with van der Waals surface area (Å²) in [6.07, 6.45) is 1.15. The number of aliphatic hydroxyl groups excluding tert-OH is 1. The number of amides is 2. The molecule has 2 amide bonds. The van der Waals surface area contributed by atoms with Crippen molar-refractivity contribution in [2.45, 2.75) is 32.4 Å². The Bertz CT molecular complexity index is 465. The summed E-state index contributed by atoms with van der Waals surface area (Å²) in [6, 6.07) is 4.61. The first kappa shape index (κ1) is 13.8. The first-order valence-corrected chi connectivity index (χ1v) is 6.52. The van der Waals surface area contributed by atoms with Crippen molar-refractivity contribution in [1.29, 1.82) is 0 Å². The van der Waals surface area contributed by atoms with E-state index in [-0.39, 0.29) is 11.8 Å². The lowest BCUT2D eigenvalue weighted by Crippen LogP contribution is -2.46. The lowest BCUT2D eigenvalue weighted by molar-refractivity contribution is 0.0842. The molecule has 1 heterocycles. The first-order valence-electron chi connectivity index (χ1n) is 6.52. The van der Waals surface area contributed by atoms with E-state index in [1.807, 2.05) is 0 Å². The van der Waals surface area contributed by atoms with Gasteiger partial charge in [-0.1, -0.05) is 12.1 Å². The molecule has 1 fully saturated rings. The number of nitrogens with zero attached hydrogens (tertiary/aromatic N) is 1. The van der Waals surface area contributed by atoms with Crippen molar-refractivity contribution in [1.82, 2.24) is 10.2 Å². The Labute approximate surface area is 112 Å². The van der Waals surface area contributed by atoms with Crippen LogP contribution in [0.15, 0.2) is 18.2 Å². The van der Waals surface area contributed by atoms with Crippen molar-refractivity contribution in [3.8, 4) is 0 Å². The number of nitrogens with one attached hydrogen (secondary N) is 1. The number of carbonyl (C=O) groups excluding carboxylic acids is 1. The van der Waals surface area contributed by atoms with Gasteiger partial charge in [0.05, 0.1) is 6.10 Å². The average Bonchev–Trinajstić information content (AvgIpc) is 2.40. The van der Waals surface area contributed by atoms with E-state index in [4.69, 9.17) is 0 Å². The van der Waals surface area contributed by atoms with E-state index in [1.54, 1.807) is 24.0 Å². The Balaban J connectivity index is 1.87. The number of hydrogen-bond acceptors (Lipinski definition) is 2. The molecular weight excluding hydrogens is 247 g/mol. The zero-order valence-corrected chi connectivity index (χ0v) is 11.0. The van der Waals surface area contributed by atoms with Crippen LogP contribution in [0.3, 0.4) is 0 Å². The molecule has 0 aliphatic carbocycles. The highest BCUT2D eigenvalue weighted by Crippen LogP contribution is 2.11. The van der Waals surface area contributed by atoms with Crippen molar-refractivity contribution in [2.24, 2.45) is 0 Å². The molecule has 1 aliphatic heterocycles. The maximum absolute atomic E-state index is 13.1. The molecule has 1 aromatic rings. The van der Waals surface area contributed by atoms with Gasteiger partial charge >= 0.3 is 6.03 Å². The molecule has 1 saturated heterocycles. The van der Waals surface area contributed by atoms with Crippen LogP contribution in [0.5, 0.6) is 0 Å². The normalized spacial score (nSPS) is 19.3. The molecule has 1 unspecified atom stereocenters. The maximum Gasteiger partial charge on any atom is 0.317 e. The molecular formula is C14H19FN2O2. The number of urea groups is 1. The van der Waals surface area contributed by atoms with Crippen molar-refractivity contribution >= 4 is 6.03 Å². The maximum atomic E-state index is 13.1. The van der Waals surface area contributed by atoms with Gasteiger partial charge in [-0.3, -0.25) is 0 Å². The zero-order valence-electron chi connectivity index (χ0n) is 11.0. The van der Waals surface area contributed by atoms with Crippen LogP contribution in [0, 0.1) is 12.7 Å². The minimum atomic E-state index is -0.424. The third-order valence-electron chi connectivity index (χ3n) is 3.35. The van der Waals surface area contributed by atoms with Crippen molar-refractivity contribution in [3.63, 3.8) is 0 Å². The van der Waals surface area contributed by atoms with E-state index in [9.17, 15) is 14.3 Å². The van der Waals surface area contributed by atoms with Crippen LogP contribution < -0.4 is 5.32 Å². The van der Waals surface area contributed by atoms with Crippen LogP contribution in [-0.2, 0) is 6.54 Å². The second-order valence-corrected chi connectivity index (χ2v) is 4.98. The van der Waals surface area contributed by atoms with Gasteiger partial charge in [-0.05, 0) is 37.0 Å². The van der Waals surface area contributed by atoms with Crippen LogP contribution in [-0.4, -0.2) is 35.2 Å². The fraction of sp³-hybridized carbons (Fsp3) is 0.500. The molecule has 2 rings (SSSR count). The predicted molar refractivity (Wildman–Crippen MR) is 70.2 cm³/mol. The van der Waals surface area contributed by atoms with Crippen molar-refractivity contribution in [2.75, 3.05) is 13.1 Å². The molecule has 1 aromatic carbocycles. The zero-order chi connectivity index (χ0) is 13.8. The number of benzene rings is 1. The number of aliphatic hydroxyl groups is 1. The molecule has 1 atom stereocenters. The third kappa shape index (κ3) is 3.67. The lowest BCUT2D eigenvalue weighted by atomic mass is 10.1. The molecule has 0 radical (unpaired) electrons. The minimum absolute atomic E-state index is 0.180. The Morgan fingerprint density at radius 1 is 1.58 bits per heavy atom. The van der Waals surface area contributed by atoms with Gasteiger partial charge < -0.3 is 15.3 Å². The van der Waals surface area contributed by atoms with Gasteiger partial charge in [0.25, 0.3) is 0 Å². The van der Waals surface area contributed by atoms with E-state index in [0.717, 1.165) is 18.4 Å². The van der Waals surface area contributed by atoms with E-state index in [0.29, 0.717) is 25.2 Å². The van der Waals surface area contributed by atoms with Gasteiger partial charge in [-0.2, -0.15) is 0 Å². The van der Waals surface area contributed by atoms with E-state index >= 15 is 0 Å². The molecule has 0 saturated carbocycles. The number of likely N-dealkylation sites (tertiary alicyclic amines) is 1. The summed E-state index contributed by atoms with van der Waals surface area (Å²) in [4.78, 5) is 13.5. The minimum Gasteiger partial charge on any atom is -0.391 e. The predicted octanol–water partition coefficient (Wildman–Crippen LogP) is 1.80. The van der Waals surface area contributed by atoms with Gasteiger partial charge in [-0.25, -0.2) is 9.18 Å². The number of carbonyl (C=O) groups is 1. The molecule has 19 heavy (non-hydrogen) atoms. The standard InChI is InChI=1S/C14H19FN2O2/c1-10-7-11(4-5-13(10)15)8-16-14(19)17-6-2-3-12(18)9-17/h4-5,7,12,18H,2-3,6,8-9H2,1H3,(H,16,19). The molecule has 104 valence electrons. The van der Waals surface area contributed by atoms with E-state index in [1.165, 1.54) is 6.07 Å². The van der Waals surface area contributed by atoms with Gasteiger partial charge in [0, 0.05) is 19.6 Å². The van der Waals surface area contributed by atoms with Crippen LogP contribution in [0.4, 0.5) is 9.18 Å². The Hall–Kier alpha value is -1.62. The second-order valence-electron chi connectivity index (χ2n) is 4.98. The highest BCUT2D eigenvalue weighted by atomic mass is 19.1. The molecule has 0 spiro atoms. The summed E-state index contributed by atoms with van der Waals surface area (Å²) in [5, 5.41) is 12.3. The van der Waals surface area contributed by atoms with Crippen molar-refractivity contribution in [3.05, 3.63) is 35.1 Å². The number of aryl methyl sites for hydroxylation is 1. The summed E-state index contributed by atoms with van der Waals surface area (Å²) < 4.78 is 13.1. The second kappa shape index (κ2) is 6.02. The first-order chi connectivity index (χ1) is 9.06. The summed E-state index contributed by atoms with van der Waals surface area (Å²) in [7, 11) is 0. The Morgan fingerprint density at radius 2 is 2.37 bits per heavy atom. The van der Waals surface area contributed by atoms with E-state index in [2.05, 4.69) is 5.32 Å². The number of hydrogen-bond donors (Lipinski definition) is 2. The van der Waals surface area contributed by atoms with Gasteiger partial charge in [0.2, 0.25) is 0 Å². The highest BCUT2D eigenvalue weighted by molar-refractivity contribution is 5.74. The average molecular weight is 266 g/mol. The molecule has 4 nitrogen and oxygen atoms in total. The third-order valence-corrected chi connectivity index (χ3v) is 3.35. The quantitative estimate of drug-likeness (QED) is 0.857. The van der Waals surface area contributed by atoms with Crippen LogP contribution in [0.1, 0.15) is 24.0 Å². The summed E-state index contributed by atoms with van der Waals surface area (Å²) in [5.74, 6) is -0.241. The number of halogens is 1. The van der Waals surface area contributed by atoms with Gasteiger partial charge in [0.15, 0.2) is 0 Å². The lowest BCUT2D eigenvalue weighted by Gasteiger charge is -2.30. The smallest absolute Gasteiger partial charge is 0.317 e. The monoisotopic (exact) mass is 266 g/mol. The fourth-order valence-corrected chi connectivity index (χ4v) is 2.25. The van der Waals surface area contributed by atoms with Crippen LogP contribution in [0.2, 0.25) is 0 Å². The molecule has 0 bridgehead atoms.